The molecular formula is C20H33N3O2. The third-order valence-corrected chi connectivity index (χ3v) is 4.58. The molecule has 0 bridgehead atoms. The molecule has 2 heterocycles. The molecule has 2 aromatic heterocycles. The summed E-state index contributed by atoms with van der Waals surface area (Å²) >= 11 is 0. The van der Waals surface area contributed by atoms with Gasteiger partial charge in [-0.15, -0.1) is 0 Å². The van der Waals surface area contributed by atoms with Gasteiger partial charge in [0.2, 0.25) is 0 Å². The average Bonchev–Trinajstić information content (AvgIpc) is 3.01. The van der Waals surface area contributed by atoms with Crippen molar-refractivity contribution < 1.29 is 4.74 Å². The Balaban J connectivity index is 1.43. The highest BCUT2D eigenvalue weighted by molar-refractivity contribution is 5.75. The van der Waals surface area contributed by atoms with E-state index in [-0.39, 0.29) is 5.69 Å². The maximum absolute atomic E-state index is 11.2. The van der Waals surface area contributed by atoms with Crippen molar-refractivity contribution in [3.63, 3.8) is 0 Å². The first kappa shape index (κ1) is 19.7. The Morgan fingerprint density at radius 2 is 1.60 bits per heavy atom. The number of unbranched alkanes of at least 4 members (excludes halogenated alkanes) is 8. The SMILES string of the molecule is CCCCCOCCCCCCCCCc1cc2cnc(=O)[nH]c2[nH]1. The van der Waals surface area contributed by atoms with Gasteiger partial charge < -0.3 is 9.72 Å². The summed E-state index contributed by atoms with van der Waals surface area (Å²) in [5.41, 5.74) is 1.66. The molecule has 2 rings (SSSR count). The highest BCUT2D eigenvalue weighted by Gasteiger charge is 2.02. The molecule has 0 atom stereocenters. The molecule has 0 amide bonds. The van der Waals surface area contributed by atoms with Crippen molar-refractivity contribution in [3.05, 3.63) is 28.4 Å². The quantitative estimate of drug-likeness (QED) is 0.485. The van der Waals surface area contributed by atoms with Crippen molar-refractivity contribution in [1.29, 1.82) is 0 Å². The molecule has 0 aromatic carbocycles. The molecule has 0 aliphatic heterocycles. The van der Waals surface area contributed by atoms with E-state index in [1.807, 2.05) is 0 Å². The summed E-state index contributed by atoms with van der Waals surface area (Å²) in [6, 6.07) is 2.08. The van der Waals surface area contributed by atoms with Crippen molar-refractivity contribution in [3.8, 4) is 0 Å². The van der Waals surface area contributed by atoms with E-state index in [1.54, 1.807) is 6.20 Å². The zero-order valence-corrected chi connectivity index (χ0v) is 15.6. The zero-order valence-electron chi connectivity index (χ0n) is 15.6. The number of nitrogens with one attached hydrogen (secondary N) is 2. The van der Waals surface area contributed by atoms with Crippen LogP contribution in [0, 0.1) is 0 Å². The van der Waals surface area contributed by atoms with Crippen LogP contribution < -0.4 is 5.69 Å². The van der Waals surface area contributed by atoms with Gasteiger partial charge in [0, 0.05) is 30.5 Å². The molecule has 0 spiro atoms. The lowest BCUT2D eigenvalue weighted by molar-refractivity contribution is 0.126. The molecule has 0 unspecified atom stereocenters. The third-order valence-electron chi connectivity index (χ3n) is 4.58. The highest BCUT2D eigenvalue weighted by Crippen LogP contribution is 2.14. The Labute approximate surface area is 150 Å². The molecule has 0 fully saturated rings. The average molecular weight is 348 g/mol. The fourth-order valence-electron chi connectivity index (χ4n) is 3.10. The molecule has 0 aliphatic carbocycles. The summed E-state index contributed by atoms with van der Waals surface area (Å²) in [5, 5.41) is 0.978. The summed E-state index contributed by atoms with van der Waals surface area (Å²) in [4.78, 5) is 20.9. The normalized spacial score (nSPS) is 11.4. The number of aromatic amines is 2. The van der Waals surface area contributed by atoms with E-state index in [2.05, 4.69) is 27.9 Å². The van der Waals surface area contributed by atoms with E-state index < -0.39 is 0 Å². The van der Waals surface area contributed by atoms with E-state index in [9.17, 15) is 4.79 Å². The molecule has 0 aliphatic rings. The fraction of sp³-hybridized carbons (Fsp3) is 0.700. The van der Waals surface area contributed by atoms with Crippen molar-refractivity contribution in [2.75, 3.05) is 13.2 Å². The maximum Gasteiger partial charge on any atom is 0.346 e. The van der Waals surface area contributed by atoms with E-state index in [4.69, 9.17) is 4.74 Å². The number of rotatable bonds is 14. The van der Waals surface area contributed by atoms with Crippen molar-refractivity contribution >= 4 is 11.0 Å². The number of aryl methyl sites for hydroxylation is 1. The number of H-pyrrole nitrogens is 2. The topological polar surface area (TPSA) is 70.8 Å². The lowest BCUT2D eigenvalue weighted by Gasteiger charge is -2.04. The van der Waals surface area contributed by atoms with Crippen molar-refractivity contribution in [2.24, 2.45) is 0 Å². The van der Waals surface area contributed by atoms with Gasteiger partial charge in [0.1, 0.15) is 5.65 Å². The van der Waals surface area contributed by atoms with Crippen LogP contribution in [0.3, 0.4) is 0 Å². The first-order valence-corrected chi connectivity index (χ1v) is 9.94. The van der Waals surface area contributed by atoms with Crippen LogP contribution in [0.25, 0.3) is 11.0 Å². The molecule has 5 nitrogen and oxygen atoms in total. The Morgan fingerprint density at radius 1 is 0.920 bits per heavy atom. The van der Waals surface area contributed by atoms with Crippen molar-refractivity contribution in [2.45, 2.75) is 77.6 Å². The lowest BCUT2D eigenvalue weighted by atomic mass is 10.1. The summed E-state index contributed by atoms with van der Waals surface area (Å²) in [6.07, 6.45) is 15.3. The minimum Gasteiger partial charge on any atom is -0.381 e. The van der Waals surface area contributed by atoms with Gasteiger partial charge >= 0.3 is 5.69 Å². The van der Waals surface area contributed by atoms with Gasteiger partial charge in [0.15, 0.2) is 0 Å². The standard InChI is InChI=1S/C20H33N3O2/c1-2-3-10-13-25-14-11-8-6-4-5-7-9-12-18-15-17-16-21-20(24)23-19(17)22-18/h15-16H,2-14H2,1H3,(H2,21,22,23,24). The van der Waals surface area contributed by atoms with Gasteiger partial charge in [0.25, 0.3) is 0 Å². The minimum absolute atomic E-state index is 0.299. The number of nitrogens with zero attached hydrogens (tertiary/aromatic N) is 1. The van der Waals surface area contributed by atoms with Crippen LogP contribution in [0.5, 0.6) is 0 Å². The molecule has 25 heavy (non-hydrogen) atoms. The second-order valence-corrected chi connectivity index (χ2v) is 6.86. The predicted octanol–water partition coefficient (Wildman–Crippen LogP) is 4.73. The van der Waals surface area contributed by atoms with E-state index in [0.29, 0.717) is 0 Å². The van der Waals surface area contributed by atoms with Gasteiger partial charge in [-0.25, -0.2) is 9.78 Å². The molecule has 5 heteroatoms. The van der Waals surface area contributed by atoms with Gasteiger partial charge in [-0.3, -0.25) is 4.98 Å². The molecule has 2 N–H and O–H groups in total. The molecular weight excluding hydrogens is 314 g/mol. The highest BCUT2D eigenvalue weighted by atomic mass is 16.5. The van der Waals surface area contributed by atoms with Crippen LogP contribution in [-0.4, -0.2) is 28.2 Å². The maximum atomic E-state index is 11.2. The first-order valence-electron chi connectivity index (χ1n) is 9.94. The fourth-order valence-corrected chi connectivity index (χ4v) is 3.10. The van der Waals surface area contributed by atoms with Crippen molar-refractivity contribution in [1.82, 2.24) is 15.0 Å². The zero-order chi connectivity index (χ0) is 17.7. The van der Waals surface area contributed by atoms with Crippen LogP contribution >= 0.6 is 0 Å². The molecule has 2 aromatic rings. The first-order chi connectivity index (χ1) is 12.3. The largest absolute Gasteiger partial charge is 0.381 e. The molecule has 0 radical (unpaired) electrons. The second-order valence-electron chi connectivity index (χ2n) is 6.86. The third kappa shape index (κ3) is 7.86. The van der Waals surface area contributed by atoms with Crippen LogP contribution in [0.4, 0.5) is 0 Å². The van der Waals surface area contributed by atoms with Crippen LogP contribution in [-0.2, 0) is 11.2 Å². The Bertz CT molecular complexity index is 648. The monoisotopic (exact) mass is 347 g/mol. The Kier molecular flexibility index (Phi) is 9.34. The van der Waals surface area contributed by atoms with E-state index in [1.165, 1.54) is 69.9 Å². The smallest absolute Gasteiger partial charge is 0.346 e. The summed E-state index contributed by atoms with van der Waals surface area (Å²) in [7, 11) is 0. The number of hydrogen-bond donors (Lipinski definition) is 2. The van der Waals surface area contributed by atoms with Gasteiger partial charge in [-0.2, -0.15) is 0 Å². The van der Waals surface area contributed by atoms with Crippen LogP contribution in [0.2, 0.25) is 0 Å². The number of hydrogen-bond acceptors (Lipinski definition) is 3. The van der Waals surface area contributed by atoms with Gasteiger partial charge in [-0.05, 0) is 31.7 Å². The lowest BCUT2D eigenvalue weighted by Crippen LogP contribution is -2.07. The number of aromatic nitrogens is 3. The molecule has 0 saturated heterocycles. The summed E-state index contributed by atoms with van der Waals surface area (Å²) in [6.45, 7) is 4.09. The van der Waals surface area contributed by atoms with Crippen LogP contribution in [0.1, 0.15) is 76.8 Å². The summed E-state index contributed by atoms with van der Waals surface area (Å²) < 4.78 is 5.63. The second kappa shape index (κ2) is 11.9. The van der Waals surface area contributed by atoms with E-state index >= 15 is 0 Å². The minimum atomic E-state index is -0.299. The molecule has 0 saturated carbocycles. The molecule has 140 valence electrons. The predicted molar refractivity (Wildman–Crippen MR) is 103 cm³/mol. The summed E-state index contributed by atoms with van der Waals surface area (Å²) in [5.74, 6) is 0. The number of ether oxygens (including phenoxy) is 1. The van der Waals surface area contributed by atoms with E-state index in [0.717, 1.165) is 30.7 Å². The number of fused-ring (bicyclic) bond motifs is 1. The Morgan fingerprint density at radius 3 is 2.36 bits per heavy atom. The van der Waals surface area contributed by atoms with Gasteiger partial charge in [0.05, 0.1) is 0 Å². The van der Waals surface area contributed by atoms with Gasteiger partial charge in [-0.1, -0.05) is 51.9 Å². The van der Waals surface area contributed by atoms with Crippen LogP contribution in [0.15, 0.2) is 17.1 Å². The Hall–Kier alpha value is -1.62.